The van der Waals surface area contributed by atoms with Crippen LogP contribution in [0.1, 0.15) is 32.8 Å². The molecule has 0 saturated heterocycles. The molecule has 7 heteroatoms. The molecular formula is C22H36N6O. The zero-order chi connectivity index (χ0) is 20.7. The van der Waals surface area contributed by atoms with Crippen LogP contribution >= 0.6 is 0 Å². The molecule has 0 saturated carbocycles. The number of aliphatic imine (C=N–C) groups is 1. The van der Waals surface area contributed by atoms with E-state index in [-0.39, 0.29) is 0 Å². The Kier molecular flexibility index (Phi) is 10.7. The number of aryl methyl sites for hydroxylation is 1. The normalized spacial score (nSPS) is 11.7. The highest BCUT2D eigenvalue weighted by Gasteiger charge is 2.01. The summed E-state index contributed by atoms with van der Waals surface area (Å²) in [6, 6.07) is 10.2. The molecule has 0 spiro atoms. The van der Waals surface area contributed by atoms with E-state index in [2.05, 4.69) is 58.5 Å². The van der Waals surface area contributed by atoms with Crippen molar-refractivity contribution in [2.24, 2.45) is 4.99 Å². The van der Waals surface area contributed by atoms with Gasteiger partial charge in [-0.05, 0) is 50.2 Å². The molecule has 0 bridgehead atoms. The molecule has 29 heavy (non-hydrogen) atoms. The van der Waals surface area contributed by atoms with Crippen LogP contribution in [0.25, 0.3) is 0 Å². The Balaban J connectivity index is 1.74. The van der Waals surface area contributed by atoms with Crippen molar-refractivity contribution in [1.29, 1.82) is 0 Å². The fourth-order valence-electron chi connectivity index (χ4n) is 2.92. The molecule has 0 aliphatic heterocycles. The van der Waals surface area contributed by atoms with E-state index >= 15 is 0 Å². The third-order valence-corrected chi connectivity index (χ3v) is 4.67. The minimum absolute atomic E-state index is 0.633. The molecule has 0 atom stereocenters. The second-order valence-corrected chi connectivity index (χ2v) is 6.76. The van der Waals surface area contributed by atoms with E-state index in [4.69, 9.17) is 4.74 Å². The zero-order valence-electron chi connectivity index (χ0n) is 18.1. The molecule has 0 amide bonds. The van der Waals surface area contributed by atoms with E-state index in [0.717, 1.165) is 63.0 Å². The summed E-state index contributed by atoms with van der Waals surface area (Å²) in [5.74, 6) is 1.75. The Hall–Kier alpha value is -2.54. The van der Waals surface area contributed by atoms with E-state index in [1.54, 1.807) is 6.20 Å². The zero-order valence-corrected chi connectivity index (χ0v) is 18.1. The van der Waals surface area contributed by atoms with Crippen LogP contribution in [0.4, 0.5) is 0 Å². The highest BCUT2D eigenvalue weighted by molar-refractivity contribution is 5.79. The smallest absolute Gasteiger partial charge is 0.191 e. The molecule has 1 aromatic carbocycles. The van der Waals surface area contributed by atoms with Crippen LogP contribution in [0.5, 0.6) is 5.75 Å². The SMILES string of the molecule is CCNC(=NCc1ccc(OCCN(CC)CC)cc1)NCCCn1cccn1. The quantitative estimate of drug-likeness (QED) is 0.307. The van der Waals surface area contributed by atoms with Crippen LogP contribution in [-0.4, -0.2) is 60.0 Å². The number of ether oxygens (including phenoxy) is 1. The summed E-state index contributed by atoms with van der Waals surface area (Å²) < 4.78 is 7.79. The first kappa shape index (κ1) is 22.7. The molecule has 1 aromatic heterocycles. The van der Waals surface area contributed by atoms with Crippen LogP contribution in [0.15, 0.2) is 47.7 Å². The van der Waals surface area contributed by atoms with Crippen LogP contribution in [-0.2, 0) is 13.1 Å². The number of nitrogens with zero attached hydrogens (tertiary/aromatic N) is 4. The van der Waals surface area contributed by atoms with Gasteiger partial charge in [0.05, 0.1) is 6.54 Å². The van der Waals surface area contributed by atoms with Crippen molar-refractivity contribution in [3.8, 4) is 5.75 Å². The van der Waals surface area contributed by atoms with Crippen LogP contribution < -0.4 is 15.4 Å². The molecule has 0 radical (unpaired) electrons. The lowest BCUT2D eigenvalue weighted by Gasteiger charge is -2.18. The van der Waals surface area contributed by atoms with Crippen molar-refractivity contribution in [1.82, 2.24) is 25.3 Å². The van der Waals surface area contributed by atoms with Gasteiger partial charge in [-0.3, -0.25) is 4.68 Å². The van der Waals surface area contributed by atoms with Gasteiger partial charge in [0, 0.05) is 38.6 Å². The van der Waals surface area contributed by atoms with Gasteiger partial charge in [0.1, 0.15) is 12.4 Å². The van der Waals surface area contributed by atoms with Crippen LogP contribution in [0.3, 0.4) is 0 Å². The van der Waals surface area contributed by atoms with Gasteiger partial charge in [-0.25, -0.2) is 4.99 Å². The number of likely N-dealkylation sites (N-methyl/N-ethyl adjacent to an activating group) is 1. The number of rotatable bonds is 13. The molecule has 0 aliphatic carbocycles. The highest BCUT2D eigenvalue weighted by atomic mass is 16.5. The van der Waals surface area contributed by atoms with Gasteiger partial charge >= 0.3 is 0 Å². The fourth-order valence-corrected chi connectivity index (χ4v) is 2.92. The van der Waals surface area contributed by atoms with Crippen molar-refractivity contribution >= 4 is 5.96 Å². The number of benzene rings is 1. The maximum atomic E-state index is 5.85. The molecule has 0 unspecified atom stereocenters. The number of nitrogens with one attached hydrogen (secondary N) is 2. The highest BCUT2D eigenvalue weighted by Crippen LogP contribution is 2.13. The molecular weight excluding hydrogens is 364 g/mol. The lowest BCUT2D eigenvalue weighted by molar-refractivity contribution is 0.223. The summed E-state index contributed by atoms with van der Waals surface area (Å²) >= 11 is 0. The summed E-state index contributed by atoms with van der Waals surface area (Å²) in [6.45, 7) is 13.4. The maximum absolute atomic E-state index is 5.85. The van der Waals surface area contributed by atoms with Gasteiger partial charge in [0.15, 0.2) is 5.96 Å². The Morgan fingerprint density at radius 3 is 2.59 bits per heavy atom. The first-order valence-corrected chi connectivity index (χ1v) is 10.7. The van der Waals surface area contributed by atoms with Gasteiger partial charge in [0.25, 0.3) is 0 Å². The predicted octanol–water partition coefficient (Wildman–Crippen LogP) is 2.75. The first-order valence-electron chi connectivity index (χ1n) is 10.7. The van der Waals surface area contributed by atoms with Crippen molar-refractivity contribution < 1.29 is 4.74 Å². The van der Waals surface area contributed by atoms with E-state index in [1.165, 1.54) is 0 Å². The van der Waals surface area contributed by atoms with E-state index in [0.29, 0.717) is 13.2 Å². The summed E-state index contributed by atoms with van der Waals surface area (Å²) in [7, 11) is 0. The average molecular weight is 401 g/mol. The Morgan fingerprint density at radius 1 is 1.14 bits per heavy atom. The van der Waals surface area contributed by atoms with E-state index < -0.39 is 0 Å². The second kappa shape index (κ2) is 13.6. The average Bonchev–Trinajstić information content (AvgIpc) is 3.27. The molecule has 2 aromatic rings. The van der Waals surface area contributed by atoms with E-state index in [9.17, 15) is 0 Å². The predicted molar refractivity (Wildman–Crippen MR) is 119 cm³/mol. The summed E-state index contributed by atoms with van der Waals surface area (Å²) in [5, 5.41) is 10.9. The number of guanidine groups is 1. The molecule has 2 N–H and O–H groups in total. The minimum Gasteiger partial charge on any atom is -0.492 e. The summed E-state index contributed by atoms with van der Waals surface area (Å²) in [5.41, 5.74) is 1.16. The van der Waals surface area contributed by atoms with Crippen molar-refractivity contribution in [2.45, 2.75) is 40.3 Å². The van der Waals surface area contributed by atoms with Crippen molar-refractivity contribution in [2.75, 3.05) is 39.3 Å². The Bertz CT molecular complexity index is 680. The minimum atomic E-state index is 0.633. The molecule has 160 valence electrons. The molecule has 1 heterocycles. The standard InChI is InChI=1S/C22H36N6O/c1-4-23-22(24-13-7-15-28-16-8-14-26-28)25-19-20-9-11-21(12-10-20)29-18-17-27(5-2)6-3/h8-12,14,16H,4-7,13,15,17-19H2,1-3H3,(H2,23,24,25). The van der Waals surface area contributed by atoms with Gasteiger partial charge in [0.2, 0.25) is 0 Å². The van der Waals surface area contributed by atoms with Crippen LogP contribution in [0.2, 0.25) is 0 Å². The summed E-state index contributed by atoms with van der Waals surface area (Å²) in [4.78, 5) is 7.03. The monoisotopic (exact) mass is 400 g/mol. The topological polar surface area (TPSA) is 66.7 Å². The van der Waals surface area contributed by atoms with Gasteiger partial charge in [-0.1, -0.05) is 26.0 Å². The third kappa shape index (κ3) is 9.00. The fraction of sp³-hybridized carbons (Fsp3) is 0.545. The van der Waals surface area contributed by atoms with Crippen molar-refractivity contribution in [3.05, 3.63) is 48.3 Å². The Labute approximate surface area is 175 Å². The van der Waals surface area contributed by atoms with Gasteiger partial charge < -0.3 is 20.3 Å². The largest absolute Gasteiger partial charge is 0.492 e. The molecule has 0 aliphatic rings. The maximum Gasteiger partial charge on any atom is 0.191 e. The Morgan fingerprint density at radius 2 is 1.93 bits per heavy atom. The number of aromatic nitrogens is 2. The second-order valence-electron chi connectivity index (χ2n) is 6.76. The third-order valence-electron chi connectivity index (χ3n) is 4.67. The molecule has 2 rings (SSSR count). The molecule has 0 fully saturated rings. The van der Waals surface area contributed by atoms with Gasteiger partial charge in [-0.2, -0.15) is 5.10 Å². The molecule has 7 nitrogen and oxygen atoms in total. The first-order chi connectivity index (χ1) is 14.2. The van der Waals surface area contributed by atoms with Gasteiger partial charge in [-0.15, -0.1) is 0 Å². The lowest BCUT2D eigenvalue weighted by Crippen LogP contribution is -2.38. The van der Waals surface area contributed by atoms with Crippen LogP contribution in [0, 0.1) is 0 Å². The lowest BCUT2D eigenvalue weighted by atomic mass is 10.2. The number of hydrogen-bond acceptors (Lipinski definition) is 4. The van der Waals surface area contributed by atoms with Crippen molar-refractivity contribution in [3.63, 3.8) is 0 Å². The number of hydrogen-bond donors (Lipinski definition) is 2. The van der Waals surface area contributed by atoms with E-state index in [1.807, 2.05) is 29.1 Å². The summed E-state index contributed by atoms with van der Waals surface area (Å²) in [6.07, 6.45) is 4.78.